The van der Waals surface area contributed by atoms with Crippen LogP contribution in [-0.4, -0.2) is 26.6 Å². The van der Waals surface area contributed by atoms with Gasteiger partial charge in [0.15, 0.2) is 0 Å². The molecule has 1 unspecified atom stereocenters. The van der Waals surface area contributed by atoms with E-state index in [1.165, 1.54) is 0 Å². The predicted molar refractivity (Wildman–Crippen MR) is 74.2 cm³/mol. The van der Waals surface area contributed by atoms with Crippen LogP contribution < -0.4 is 15.4 Å². The van der Waals surface area contributed by atoms with Gasteiger partial charge in [0.05, 0.1) is 7.11 Å². The molecule has 0 aliphatic heterocycles. The smallest absolute Gasteiger partial charge is 0.228 e. The van der Waals surface area contributed by atoms with Crippen molar-refractivity contribution in [2.45, 2.75) is 20.8 Å². The molecule has 4 heteroatoms. The van der Waals surface area contributed by atoms with Gasteiger partial charge in [0.1, 0.15) is 5.75 Å². The van der Waals surface area contributed by atoms with Crippen LogP contribution in [0.1, 0.15) is 18.1 Å². The standard InChI is InChI=1S/C14H22N2O2/c1-9-6-7-12(11(3)13(9)18-5)16-14(17)10(2)8-15-4/h6-7,10,15H,8H2,1-5H3,(H,16,17). The van der Waals surface area contributed by atoms with Crippen molar-refractivity contribution in [3.63, 3.8) is 0 Å². The second-order valence-corrected chi connectivity index (χ2v) is 4.54. The Morgan fingerprint density at radius 1 is 1.39 bits per heavy atom. The van der Waals surface area contributed by atoms with E-state index in [-0.39, 0.29) is 11.8 Å². The summed E-state index contributed by atoms with van der Waals surface area (Å²) in [6, 6.07) is 3.86. The first-order chi connectivity index (χ1) is 8.51. The molecule has 1 atom stereocenters. The molecule has 1 aromatic rings. The molecule has 0 heterocycles. The first-order valence-corrected chi connectivity index (χ1v) is 6.11. The van der Waals surface area contributed by atoms with E-state index in [2.05, 4.69) is 10.6 Å². The molecule has 1 aromatic carbocycles. The highest BCUT2D eigenvalue weighted by Crippen LogP contribution is 2.29. The molecule has 0 spiro atoms. The normalized spacial score (nSPS) is 12.1. The highest BCUT2D eigenvalue weighted by molar-refractivity contribution is 5.93. The van der Waals surface area contributed by atoms with Crippen LogP contribution >= 0.6 is 0 Å². The van der Waals surface area contributed by atoms with E-state index in [0.29, 0.717) is 6.54 Å². The van der Waals surface area contributed by atoms with Crippen molar-refractivity contribution in [1.29, 1.82) is 0 Å². The maximum Gasteiger partial charge on any atom is 0.228 e. The van der Waals surface area contributed by atoms with Gasteiger partial charge < -0.3 is 15.4 Å². The number of hydrogen-bond acceptors (Lipinski definition) is 3. The molecule has 2 N–H and O–H groups in total. The highest BCUT2D eigenvalue weighted by Gasteiger charge is 2.14. The third-order valence-corrected chi connectivity index (χ3v) is 3.02. The average molecular weight is 250 g/mol. The fourth-order valence-corrected chi connectivity index (χ4v) is 1.93. The van der Waals surface area contributed by atoms with Gasteiger partial charge in [-0.15, -0.1) is 0 Å². The molecular formula is C14H22N2O2. The van der Waals surface area contributed by atoms with E-state index >= 15 is 0 Å². The number of nitrogens with one attached hydrogen (secondary N) is 2. The van der Waals surface area contributed by atoms with Gasteiger partial charge >= 0.3 is 0 Å². The van der Waals surface area contributed by atoms with Crippen molar-refractivity contribution in [3.05, 3.63) is 23.3 Å². The summed E-state index contributed by atoms with van der Waals surface area (Å²) in [4.78, 5) is 11.9. The number of carbonyl (C=O) groups is 1. The molecule has 0 fully saturated rings. The molecule has 4 nitrogen and oxygen atoms in total. The Morgan fingerprint density at radius 2 is 2.06 bits per heavy atom. The summed E-state index contributed by atoms with van der Waals surface area (Å²) in [6.45, 7) is 6.49. The minimum atomic E-state index is -0.0679. The maximum atomic E-state index is 11.9. The van der Waals surface area contributed by atoms with Gasteiger partial charge in [-0.2, -0.15) is 0 Å². The summed E-state index contributed by atoms with van der Waals surface area (Å²) >= 11 is 0. The monoisotopic (exact) mass is 250 g/mol. The van der Waals surface area contributed by atoms with E-state index < -0.39 is 0 Å². The van der Waals surface area contributed by atoms with Gasteiger partial charge in [-0.3, -0.25) is 4.79 Å². The number of amides is 1. The summed E-state index contributed by atoms with van der Waals surface area (Å²) in [5.74, 6) is 0.772. The number of anilines is 1. The van der Waals surface area contributed by atoms with Crippen molar-refractivity contribution in [2.24, 2.45) is 5.92 Å². The molecule has 1 amide bonds. The number of ether oxygens (including phenoxy) is 1. The molecule has 0 saturated carbocycles. The third kappa shape index (κ3) is 3.23. The zero-order valence-corrected chi connectivity index (χ0v) is 11.8. The number of methoxy groups -OCH3 is 1. The molecule has 0 aliphatic carbocycles. The summed E-state index contributed by atoms with van der Waals surface area (Å²) in [7, 11) is 3.48. The Kier molecular flexibility index (Phi) is 5.16. The van der Waals surface area contributed by atoms with Crippen LogP contribution in [0.15, 0.2) is 12.1 Å². The number of aryl methyl sites for hydroxylation is 1. The second-order valence-electron chi connectivity index (χ2n) is 4.54. The van der Waals surface area contributed by atoms with E-state index in [9.17, 15) is 4.79 Å². The van der Waals surface area contributed by atoms with Gasteiger partial charge in [0.25, 0.3) is 0 Å². The first-order valence-electron chi connectivity index (χ1n) is 6.11. The van der Waals surface area contributed by atoms with Gasteiger partial charge in [0, 0.05) is 23.7 Å². The Labute approximate surface area is 109 Å². The Bertz CT molecular complexity index is 430. The minimum Gasteiger partial charge on any atom is -0.496 e. The average Bonchev–Trinajstić information content (AvgIpc) is 2.33. The zero-order valence-electron chi connectivity index (χ0n) is 11.8. The molecule has 0 bridgehead atoms. The maximum absolute atomic E-state index is 11.9. The SMILES string of the molecule is CNCC(C)C(=O)Nc1ccc(C)c(OC)c1C. The first kappa shape index (κ1) is 14.5. The lowest BCUT2D eigenvalue weighted by Gasteiger charge is -2.16. The van der Waals surface area contributed by atoms with Gasteiger partial charge in [-0.05, 0) is 32.5 Å². The van der Waals surface area contributed by atoms with Crippen LogP contribution in [0.5, 0.6) is 5.75 Å². The predicted octanol–water partition coefficient (Wildman–Crippen LogP) is 2.11. The van der Waals surface area contributed by atoms with Gasteiger partial charge in [0.2, 0.25) is 5.91 Å². The number of carbonyl (C=O) groups excluding carboxylic acids is 1. The lowest BCUT2D eigenvalue weighted by atomic mass is 10.1. The topological polar surface area (TPSA) is 50.4 Å². The number of benzene rings is 1. The van der Waals surface area contributed by atoms with Crippen LogP contribution in [0.3, 0.4) is 0 Å². The van der Waals surface area contributed by atoms with E-state index in [1.54, 1.807) is 7.11 Å². The van der Waals surface area contributed by atoms with Crippen molar-refractivity contribution < 1.29 is 9.53 Å². The van der Waals surface area contributed by atoms with Gasteiger partial charge in [-0.1, -0.05) is 13.0 Å². The molecule has 0 radical (unpaired) electrons. The Hall–Kier alpha value is -1.55. The fraction of sp³-hybridized carbons (Fsp3) is 0.500. The fourth-order valence-electron chi connectivity index (χ4n) is 1.93. The lowest BCUT2D eigenvalue weighted by Crippen LogP contribution is -2.28. The van der Waals surface area contributed by atoms with Gasteiger partial charge in [-0.25, -0.2) is 0 Å². The molecule has 0 aromatic heterocycles. The van der Waals surface area contributed by atoms with E-state index in [0.717, 1.165) is 22.6 Å². The number of hydrogen-bond donors (Lipinski definition) is 2. The van der Waals surface area contributed by atoms with Crippen LogP contribution in [0.4, 0.5) is 5.69 Å². The molecular weight excluding hydrogens is 228 g/mol. The summed E-state index contributed by atoms with van der Waals surface area (Å²) in [6.07, 6.45) is 0. The molecule has 0 saturated heterocycles. The third-order valence-electron chi connectivity index (χ3n) is 3.02. The molecule has 18 heavy (non-hydrogen) atoms. The van der Waals surface area contributed by atoms with Crippen molar-refractivity contribution in [3.8, 4) is 5.75 Å². The lowest BCUT2D eigenvalue weighted by molar-refractivity contribution is -0.119. The largest absolute Gasteiger partial charge is 0.496 e. The number of rotatable bonds is 5. The van der Waals surface area contributed by atoms with Crippen molar-refractivity contribution in [1.82, 2.24) is 5.32 Å². The minimum absolute atomic E-state index is 0.0124. The zero-order chi connectivity index (χ0) is 13.7. The van der Waals surface area contributed by atoms with Crippen molar-refractivity contribution >= 4 is 11.6 Å². The highest BCUT2D eigenvalue weighted by atomic mass is 16.5. The van der Waals surface area contributed by atoms with Crippen LogP contribution in [0.25, 0.3) is 0 Å². The summed E-state index contributed by atoms with van der Waals surface area (Å²) < 4.78 is 5.34. The molecule has 1 rings (SSSR count). The van der Waals surface area contributed by atoms with Crippen LogP contribution in [0, 0.1) is 19.8 Å². The molecule has 0 aliphatic rings. The van der Waals surface area contributed by atoms with Crippen LogP contribution in [-0.2, 0) is 4.79 Å². The summed E-state index contributed by atoms with van der Waals surface area (Å²) in [5.41, 5.74) is 2.84. The van der Waals surface area contributed by atoms with Crippen LogP contribution in [0.2, 0.25) is 0 Å². The summed E-state index contributed by atoms with van der Waals surface area (Å²) in [5, 5.41) is 5.93. The van der Waals surface area contributed by atoms with E-state index in [4.69, 9.17) is 4.74 Å². The Morgan fingerprint density at radius 3 is 2.61 bits per heavy atom. The quantitative estimate of drug-likeness (QED) is 0.841. The molecule has 100 valence electrons. The van der Waals surface area contributed by atoms with E-state index in [1.807, 2.05) is 40.0 Å². The van der Waals surface area contributed by atoms with Crippen molar-refractivity contribution in [2.75, 3.05) is 26.0 Å². The Balaban J connectivity index is 2.89. The second kappa shape index (κ2) is 6.40.